The van der Waals surface area contributed by atoms with Gasteiger partial charge < -0.3 is 5.11 Å². The highest BCUT2D eigenvalue weighted by Crippen LogP contribution is 2.43. The van der Waals surface area contributed by atoms with Crippen LogP contribution in [0.5, 0.6) is 5.75 Å². The zero-order valence-electron chi connectivity index (χ0n) is 14.1. The van der Waals surface area contributed by atoms with Crippen molar-refractivity contribution >= 4 is 11.8 Å². The quantitative estimate of drug-likeness (QED) is 0.700. The van der Waals surface area contributed by atoms with Crippen molar-refractivity contribution in [3.8, 4) is 5.75 Å². The highest BCUT2D eigenvalue weighted by Gasteiger charge is 2.26. The molecule has 1 aromatic carbocycles. The highest BCUT2D eigenvalue weighted by atomic mass is 32.2. The van der Waals surface area contributed by atoms with Crippen LogP contribution in [0.2, 0.25) is 0 Å². The van der Waals surface area contributed by atoms with Gasteiger partial charge in [-0.3, -0.25) is 0 Å². The maximum absolute atomic E-state index is 10.3. The molecular formula is C20H30OS. The molecule has 3 rings (SSSR count). The Labute approximate surface area is 139 Å². The van der Waals surface area contributed by atoms with Gasteiger partial charge in [-0.05, 0) is 73.6 Å². The van der Waals surface area contributed by atoms with E-state index in [-0.39, 0.29) is 0 Å². The molecule has 3 unspecified atom stereocenters. The third kappa shape index (κ3) is 3.82. The number of aromatic hydroxyl groups is 1. The summed E-state index contributed by atoms with van der Waals surface area (Å²) in [7, 11) is 0. The smallest absolute Gasteiger partial charge is 0.119 e. The maximum Gasteiger partial charge on any atom is 0.119 e. The Kier molecular flexibility index (Phi) is 5.38. The normalized spacial score (nSPS) is 30.4. The van der Waals surface area contributed by atoms with Crippen molar-refractivity contribution in [3.63, 3.8) is 0 Å². The summed E-state index contributed by atoms with van der Waals surface area (Å²) in [6.07, 6.45) is 10.6. The van der Waals surface area contributed by atoms with Gasteiger partial charge in [0.1, 0.15) is 5.75 Å². The van der Waals surface area contributed by atoms with Crippen LogP contribution in [0.4, 0.5) is 0 Å². The van der Waals surface area contributed by atoms with Gasteiger partial charge in [-0.2, -0.15) is 0 Å². The minimum absolute atomic E-state index is 0.515. The largest absolute Gasteiger partial charge is 0.508 e. The fraction of sp³-hybridized carbons (Fsp3) is 0.700. The first-order chi connectivity index (χ1) is 10.6. The summed E-state index contributed by atoms with van der Waals surface area (Å²) in [6.45, 7) is 4.80. The molecule has 0 aliphatic heterocycles. The Morgan fingerprint density at radius 2 is 1.77 bits per heavy atom. The predicted molar refractivity (Wildman–Crippen MR) is 95.8 cm³/mol. The van der Waals surface area contributed by atoms with Gasteiger partial charge in [-0.15, -0.1) is 11.8 Å². The van der Waals surface area contributed by atoms with Crippen LogP contribution in [0.15, 0.2) is 23.1 Å². The summed E-state index contributed by atoms with van der Waals surface area (Å²) < 4.78 is 0. The van der Waals surface area contributed by atoms with Gasteiger partial charge in [0.2, 0.25) is 0 Å². The SMILES string of the molecule is CC1CCC(Sc2ccc(O)c(C3CCCCC3)c2)C(C)C1. The fourth-order valence-electron chi connectivity index (χ4n) is 4.33. The molecule has 2 aliphatic carbocycles. The first-order valence-electron chi connectivity index (χ1n) is 9.13. The number of benzene rings is 1. The summed E-state index contributed by atoms with van der Waals surface area (Å²) in [5.74, 6) is 2.80. The second-order valence-corrected chi connectivity index (χ2v) is 8.92. The van der Waals surface area contributed by atoms with Crippen LogP contribution in [0.3, 0.4) is 0 Å². The van der Waals surface area contributed by atoms with Crippen molar-refractivity contribution in [2.75, 3.05) is 0 Å². The van der Waals surface area contributed by atoms with Gasteiger partial charge in [0.15, 0.2) is 0 Å². The summed E-state index contributed by atoms with van der Waals surface area (Å²) in [5, 5.41) is 11.0. The van der Waals surface area contributed by atoms with E-state index in [0.29, 0.717) is 11.7 Å². The first-order valence-corrected chi connectivity index (χ1v) is 10.0. The lowest BCUT2D eigenvalue weighted by molar-refractivity contribution is 0.310. The molecule has 0 spiro atoms. The van der Waals surface area contributed by atoms with Crippen LogP contribution >= 0.6 is 11.8 Å². The van der Waals surface area contributed by atoms with E-state index >= 15 is 0 Å². The molecule has 122 valence electrons. The van der Waals surface area contributed by atoms with E-state index in [0.717, 1.165) is 17.1 Å². The zero-order chi connectivity index (χ0) is 15.5. The zero-order valence-corrected chi connectivity index (χ0v) is 14.9. The number of hydrogen-bond donors (Lipinski definition) is 1. The Hall–Kier alpha value is -0.630. The van der Waals surface area contributed by atoms with Crippen LogP contribution < -0.4 is 0 Å². The van der Waals surface area contributed by atoms with Crippen LogP contribution in [0.25, 0.3) is 0 Å². The summed E-state index contributed by atoms with van der Waals surface area (Å²) in [5.41, 5.74) is 1.21. The molecule has 22 heavy (non-hydrogen) atoms. The van der Waals surface area contributed by atoms with Crippen molar-refractivity contribution < 1.29 is 5.11 Å². The molecule has 2 heteroatoms. The Morgan fingerprint density at radius 1 is 1.00 bits per heavy atom. The van der Waals surface area contributed by atoms with Gasteiger partial charge in [0.25, 0.3) is 0 Å². The highest BCUT2D eigenvalue weighted by molar-refractivity contribution is 8.00. The summed E-state index contributed by atoms with van der Waals surface area (Å²) >= 11 is 2.05. The van der Waals surface area contributed by atoms with Gasteiger partial charge in [0, 0.05) is 10.1 Å². The Balaban J connectivity index is 1.71. The molecule has 1 N–H and O–H groups in total. The van der Waals surface area contributed by atoms with Crippen molar-refractivity contribution in [3.05, 3.63) is 23.8 Å². The van der Waals surface area contributed by atoms with Gasteiger partial charge in [0.05, 0.1) is 0 Å². The molecule has 0 amide bonds. The molecule has 3 atom stereocenters. The monoisotopic (exact) mass is 318 g/mol. The fourth-order valence-corrected chi connectivity index (χ4v) is 5.62. The molecule has 0 heterocycles. The maximum atomic E-state index is 10.3. The number of hydrogen-bond acceptors (Lipinski definition) is 2. The van der Waals surface area contributed by atoms with Crippen molar-refractivity contribution in [2.24, 2.45) is 11.8 Å². The van der Waals surface area contributed by atoms with E-state index in [4.69, 9.17) is 0 Å². The van der Waals surface area contributed by atoms with E-state index in [1.54, 1.807) is 0 Å². The van der Waals surface area contributed by atoms with Crippen molar-refractivity contribution in [1.29, 1.82) is 0 Å². The number of rotatable bonds is 3. The van der Waals surface area contributed by atoms with Crippen LogP contribution in [-0.4, -0.2) is 10.4 Å². The minimum Gasteiger partial charge on any atom is -0.508 e. The minimum atomic E-state index is 0.515. The second-order valence-electron chi connectivity index (χ2n) is 7.61. The van der Waals surface area contributed by atoms with Crippen molar-refractivity contribution in [2.45, 2.75) is 81.3 Å². The average Bonchev–Trinajstić information content (AvgIpc) is 2.52. The lowest BCUT2D eigenvalue weighted by Gasteiger charge is -2.32. The molecular weight excluding hydrogens is 288 g/mol. The Morgan fingerprint density at radius 3 is 2.50 bits per heavy atom. The lowest BCUT2D eigenvalue weighted by Crippen LogP contribution is -2.23. The topological polar surface area (TPSA) is 20.2 Å². The molecule has 0 radical (unpaired) electrons. The number of thioether (sulfide) groups is 1. The predicted octanol–water partition coefficient (Wildman–Crippen LogP) is 6.36. The van der Waals surface area contributed by atoms with E-state index in [9.17, 15) is 5.11 Å². The van der Waals surface area contributed by atoms with Gasteiger partial charge in [-0.1, -0.05) is 33.1 Å². The van der Waals surface area contributed by atoms with Crippen LogP contribution in [0, 0.1) is 11.8 Å². The standard InChI is InChI=1S/C20H30OS/c1-14-8-11-20(15(2)12-14)22-17-9-10-19(21)18(13-17)16-6-4-3-5-7-16/h9-10,13-16,20-21H,3-8,11-12H2,1-2H3. The molecule has 1 aromatic rings. The van der Waals surface area contributed by atoms with Gasteiger partial charge >= 0.3 is 0 Å². The van der Waals surface area contributed by atoms with Crippen LogP contribution in [-0.2, 0) is 0 Å². The third-order valence-electron chi connectivity index (χ3n) is 5.68. The lowest BCUT2D eigenvalue weighted by atomic mass is 9.83. The molecule has 0 saturated heterocycles. The molecule has 2 saturated carbocycles. The van der Waals surface area contributed by atoms with Crippen molar-refractivity contribution in [1.82, 2.24) is 0 Å². The van der Waals surface area contributed by atoms with E-state index in [1.807, 2.05) is 6.07 Å². The van der Waals surface area contributed by atoms with E-state index in [1.165, 1.54) is 61.8 Å². The molecule has 1 nitrogen and oxygen atoms in total. The molecule has 2 aliphatic rings. The summed E-state index contributed by atoms with van der Waals surface area (Å²) in [6, 6.07) is 6.35. The summed E-state index contributed by atoms with van der Waals surface area (Å²) in [4.78, 5) is 1.37. The second kappa shape index (κ2) is 7.29. The Bertz CT molecular complexity index is 492. The third-order valence-corrected chi connectivity index (χ3v) is 7.21. The first kappa shape index (κ1) is 16.2. The van der Waals surface area contributed by atoms with Crippen LogP contribution in [0.1, 0.15) is 76.7 Å². The van der Waals surface area contributed by atoms with Gasteiger partial charge in [-0.25, -0.2) is 0 Å². The van der Waals surface area contributed by atoms with E-state index < -0.39 is 0 Å². The average molecular weight is 319 g/mol. The molecule has 2 fully saturated rings. The number of phenolic OH excluding ortho intramolecular Hbond substituents is 1. The number of phenols is 1. The molecule has 0 bridgehead atoms. The molecule has 0 aromatic heterocycles. The van der Waals surface area contributed by atoms with E-state index in [2.05, 4.69) is 37.7 Å².